The fourth-order valence-corrected chi connectivity index (χ4v) is 3.50. The summed E-state index contributed by atoms with van der Waals surface area (Å²) in [5.41, 5.74) is 0. The molecule has 0 heterocycles. The minimum absolute atomic E-state index is 0.132. The van der Waals surface area contributed by atoms with Crippen LogP contribution in [0.15, 0.2) is 84.9 Å². The molecule has 0 aliphatic carbocycles. The molecule has 1 atom stereocenters. The summed E-state index contributed by atoms with van der Waals surface area (Å²) < 4.78 is 11.8. The summed E-state index contributed by atoms with van der Waals surface area (Å²) in [7, 11) is 0. The summed E-state index contributed by atoms with van der Waals surface area (Å²) in [6.45, 7) is 2.75. The van der Waals surface area contributed by atoms with Crippen LogP contribution in [0.4, 0.5) is 0 Å². The molecule has 1 amide bonds. The van der Waals surface area contributed by atoms with E-state index in [0.717, 1.165) is 27.3 Å². The first-order valence-corrected chi connectivity index (χ1v) is 10.3. The van der Waals surface area contributed by atoms with Crippen LogP contribution >= 0.6 is 0 Å². The molecule has 0 saturated heterocycles. The van der Waals surface area contributed by atoms with Crippen molar-refractivity contribution in [2.75, 3.05) is 13.2 Å². The number of carbonyl (C=O) groups is 1. The highest BCUT2D eigenvalue weighted by molar-refractivity contribution is 5.88. The molecule has 0 aliphatic rings. The van der Waals surface area contributed by atoms with Crippen LogP contribution in [-0.2, 0) is 4.79 Å². The number of benzene rings is 4. The van der Waals surface area contributed by atoms with Gasteiger partial charge >= 0.3 is 0 Å². The summed E-state index contributed by atoms with van der Waals surface area (Å²) in [6.07, 6.45) is 0.0479. The molecule has 1 N–H and O–H groups in total. The van der Waals surface area contributed by atoms with Crippen molar-refractivity contribution in [2.45, 2.75) is 19.4 Å². The standard InChI is InChI=1S/C26H25NO3/c1-2-24(30-22-15-14-19-8-3-4-10-21(19)18-22)26(28)27-16-17-29-25-13-7-11-20-9-5-6-12-23(20)25/h3-15,18,24H,2,16-17H2,1H3,(H,27,28)/t24-/m0/s1. The van der Waals surface area contributed by atoms with Crippen LogP contribution in [0.1, 0.15) is 13.3 Å². The van der Waals surface area contributed by atoms with Gasteiger partial charge in [0.1, 0.15) is 18.1 Å². The van der Waals surface area contributed by atoms with Gasteiger partial charge < -0.3 is 14.8 Å². The van der Waals surface area contributed by atoms with Gasteiger partial charge in [0.2, 0.25) is 0 Å². The monoisotopic (exact) mass is 399 g/mol. The van der Waals surface area contributed by atoms with E-state index >= 15 is 0 Å². The van der Waals surface area contributed by atoms with Crippen molar-refractivity contribution in [3.8, 4) is 11.5 Å². The highest BCUT2D eigenvalue weighted by atomic mass is 16.5. The molecule has 0 spiro atoms. The van der Waals surface area contributed by atoms with Crippen LogP contribution in [-0.4, -0.2) is 25.2 Å². The Hall–Kier alpha value is -3.53. The van der Waals surface area contributed by atoms with E-state index in [0.29, 0.717) is 25.3 Å². The summed E-state index contributed by atoms with van der Waals surface area (Å²) in [5, 5.41) is 7.36. The second-order valence-electron chi connectivity index (χ2n) is 7.14. The van der Waals surface area contributed by atoms with E-state index in [1.165, 1.54) is 0 Å². The van der Waals surface area contributed by atoms with Crippen molar-refractivity contribution in [3.63, 3.8) is 0 Å². The van der Waals surface area contributed by atoms with Crippen molar-refractivity contribution in [3.05, 3.63) is 84.9 Å². The average molecular weight is 399 g/mol. The fraction of sp³-hybridized carbons (Fsp3) is 0.192. The zero-order valence-corrected chi connectivity index (χ0v) is 17.0. The Balaban J connectivity index is 1.31. The summed E-state index contributed by atoms with van der Waals surface area (Å²) >= 11 is 0. The first-order chi connectivity index (χ1) is 14.7. The summed E-state index contributed by atoms with van der Waals surface area (Å²) in [6, 6.07) is 28.0. The lowest BCUT2D eigenvalue weighted by molar-refractivity contribution is -0.128. The molecular formula is C26H25NO3. The van der Waals surface area contributed by atoms with E-state index in [4.69, 9.17) is 9.47 Å². The van der Waals surface area contributed by atoms with Crippen LogP contribution in [0.5, 0.6) is 11.5 Å². The Morgan fingerprint density at radius 3 is 2.43 bits per heavy atom. The average Bonchev–Trinajstić information content (AvgIpc) is 2.80. The maximum absolute atomic E-state index is 12.6. The smallest absolute Gasteiger partial charge is 0.261 e. The van der Waals surface area contributed by atoms with Crippen molar-refractivity contribution in [1.82, 2.24) is 5.32 Å². The van der Waals surface area contributed by atoms with E-state index in [2.05, 4.69) is 23.5 Å². The summed E-state index contributed by atoms with van der Waals surface area (Å²) in [4.78, 5) is 12.6. The zero-order chi connectivity index (χ0) is 20.8. The molecule has 0 aromatic heterocycles. The van der Waals surface area contributed by atoms with Crippen LogP contribution in [0.3, 0.4) is 0 Å². The molecule has 4 heteroatoms. The molecule has 0 unspecified atom stereocenters. The number of fused-ring (bicyclic) bond motifs is 2. The minimum atomic E-state index is -0.538. The van der Waals surface area contributed by atoms with Crippen LogP contribution in [0.2, 0.25) is 0 Å². The number of nitrogens with one attached hydrogen (secondary N) is 1. The molecule has 4 aromatic rings. The highest BCUT2D eigenvalue weighted by Crippen LogP contribution is 2.25. The van der Waals surface area contributed by atoms with Crippen LogP contribution in [0.25, 0.3) is 21.5 Å². The normalized spacial score (nSPS) is 11.9. The molecule has 0 bridgehead atoms. The minimum Gasteiger partial charge on any atom is -0.491 e. The first kappa shape index (κ1) is 19.8. The van der Waals surface area contributed by atoms with Crippen molar-refractivity contribution in [2.24, 2.45) is 0 Å². The van der Waals surface area contributed by atoms with Gasteiger partial charge in [0.25, 0.3) is 5.91 Å². The Morgan fingerprint density at radius 1 is 0.867 bits per heavy atom. The quantitative estimate of drug-likeness (QED) is 0.407. The van der Waals surface area contributed by atoms with Gasteiger partial charge in [-0.25, -0.2) is 0 Å². The molecule has 4 nitrogen and oxygen atoms in total. The lowest BCUT2D eigenvalue weighted by Gasteiger charge is -2.18. The lowest BCUT2D eigenvalue weighted by Crippen LogP contribution is -2.39. The van der Waals surface area contributed by atoms with Gasteiger partial charge in [-0.2, -0.15) is 0 Å². The Morgan fingerprint density at radius 2 is 1.60 bits per heavy atom. The predicted molar refractivity (Wildman–Crippen MR) is 121 cm³/mol. The molecule has 4 rings (SSSR count). The molecule has 0 radical (unpaired) electrons. The largest absolute Gasteiger partial charge is 0.491 e. The maximum Gasteiger partial charge on any atom is 0.261 e. The van der Waals surface area contributed by atoms with Gasteiger partial charge in [-0.05, 0) is 40.8 Å². The second-order valence-corrected chi connectivity index (χ2v) is 7.14. The van der Waals surface area contributed by atoms with Crippen molar-refractivity contribution >= 4 is 27.5 Å². The predicted octanol–water partition coefficient (Wildman–Crippen LogP) is 5.35. The zero-order valence-electron chi connectivity index (χ0n) is 17.0. The third-order valence-corrected chi connectivity index (χ3v) is 5.07. The number of rotatable bonds is 8. The van der Waals surface area contributed by atoms with E-state index in [1.54, 1.807) is 0 Å². The van der Waals surface area contributed by atoms with Gasteiger partial charge in [0, 0.05) is 5.39 Å². The van der Waals surface area contributed by atoms with E-state index in [-0.39, 0.29) is 5.91 Å². The highest BCUT2D eigenvalue weighted by Gasteiger charge is 2.18. The number of hydrogen-bond donors (Lipinski definition) is 1. The Kier molecular flexibility index (Phi) is 6.14. The Bertz CT molecular complexity index is 1150. The fourth-order valence-electron chi connectivity index (χ4n) is 3.50. The maximum atomic E-state index is 12.6. The van der Waals surface area contributed by atoms with E-state index in [1.807, 2.05) is 73.7 Å². The van der Waals surface area contributed by atoms with Gasteiger partial charge in [-0.15, -0.1) is 0 Å². The van der Waals surface area contributed by atoms with Gasteiger partial charge in [0.15, 0.2) is 6.10 Å². The van der Waals surface area contributed by atoms with Gasteiger partial charge in [0.05, 0.1) is 6.54 Å². The van der Waals surface area contributed by atoms with Crippen LogP contribution in [0, 0.1) is 0 Å². The number of amides is 1. The van der Waals surface area contributed by atoms with Gasteiger partial charge in [-0.3, -0.25) is 4.79 Å². The van der Waals surface area contributed by atoms with Crippen molar-refractivity contribution in [1.29, 1.82) is 0 Å². The Labute approximate surface area is 176 Å². The van der Waals surface area contributed by atoms with Crippen LogP contribution < -0.4 is 14.8 Å². The lowest BCUT2D eigenvalue weighted by atomic mass is 10.1. The number of hydrogen-bond acceptors (Lipinski definition) is 3. The van der Waals surface area contributed by atoms with Crippen molar-refractivity contribution < 1.29 is 14.3 Å². The topological polar surface area (TPSA) is 47.6 Å². The molecular weight excluding hydrogens is 374 g/mol. The molecule has 4 aromatic carbocycles. The molecule has 0 fully saturated rings. The number of ether oxygens (including phenoxy) is 2. The third-order valence-electron chi connectivity index (χ3n) is 5.07. The summed E-state index contributed by atoms with van der Waals surface area (Å²) in [5.74, 6) is 1.39. The molecule has 152 valence electrons. The van der Waals surface area contributed by atoms with Gasteiger partial charge in [-0.1, -0.05) is 73.7 Å². The van der Waals surface area contributed by atoms with E-state index < -0.39 is 6.10 Å². The molecule has 0 aliphatic heterocycles. The SMILES string of the molecule is CC[C@H](Oc1ccc2ccccc2c1)C(=O)NCCOc1cccc2ccccc12. The molecule has 0 saturated carbocycles. The second kappa shape index (κ2) is 9.31. The van der Waals surface area contributed by atoms with E-state index in [9.17, 15) is 4.79 Å². The third kappa shape index (κ3) is 4.54. The first-order valence-electron chi connectivity index (χ1n) is 10.3. The number of carbonyl (C=O) groups excluding carboxylic acids is 1. The molecule has 30 heavy (non-hydrogen) atoms.